The number of aliphatic hydroxyl groups is 1. The molecule has 3 aromatic rings. The number of rotatable bonds is 9. The van der Waals surface area contributed by atoms with Gasteiger partial charge in [0, 0.05) is 24.3 Å². The van der Waals surface area contributed by atoms with Crippen molar-refractivity contribution in [2.45, 2.75) is 44.4 Å². The molecule has 0 spiro atoms. The third-order valence-electron chi connectivity index (χ3n) is 6.21. The molecule has 3 aromatic carbocycles. The van der Waals surface area contributed by atoms with Crippen LogP contribution in [-0.2, 0) is 13.2 Å². The summed E-state index contributed by atoms with van der Waals surface area (Å²) in [6.45, 7) is 1.13. The van der Waals surface area contributed by atoms with Gasteiger partial charge in [-0.2, -0.15) is 0 Å². The van der Waals surface area contributed by atoms with Crippen LogP contribution in [0.2, 0.25) is 0 Å². The fourth-order valence-corrected chi connectivity index (χ4v) is 4.26. The van der Waals surface area contributed by atoms with Crippen molar-refractivity contribution in [3.8, 4) is 5.75 Å². The fourth-order valence-electron chi connectivity index (χ4n) is 4.26. The summed E-state index contributed by atoms with van der Waals surface area (Å²) in [5.74, 6) is 0.746. The largest absolute Gasteiger partial charge is 0.489 e. The van der Waals surface area contributed by atoms with E-state index in [2.05, 4.69) is 0 Å². The van der Waals surface area contributed by atoms with Gasteiger partial charge in [0.2, 0.25) is 0 Å². The zero-order valence-electron chi connectivity index (χ0n) is 17.7. The number of benzene rings is 3. The molecule has 4 nitrogen and oxygen atoms in total. The normalized spacial score (nSPS) is 14.5. The van der Waals surface area contributed by atoms with E-state index in [4.69, 9.17) is 4.74 Å². The van der Waals surface area contributed by atoms with Gasteiger partial charge in [-0.15, -0.1) is 0 Å². The molecule has 0 saturated heterocycles. The molecule has 0 heterocycles. The predicted molar refractivity (Wildman–Crippen MR) is 122 cm³/mol. The number of nitrogens with zero attached hydrogens (tertiary/aromatic N) is 1. The molecule has 1 fully saturated rings. The molecule has 1 N–H and O–H groups in total. The maximum Gasteiger partial charge on any atom is 0.254 e. The summed E-state index contributed by atoms with van der Waals surface area (Å²) in [6.07, 6.45) is 3.57. The minimum absolute atomic E-state index is 0.00612. The van der Waals surface area contributed by atoms with Crippen LogP contribution in [0.25, 0.3) is 0 Å². The van der Waals surface area contributed by atoms with E-state index in [-0.39, 0.29) is 18.1 Å². The lowest BCUT2D eigenvalue weighted by Crippen LogP contribution is -2.56. The van der Waals surface area contributed by atoms with E-state index in [0.29, 0.717) is 25.1 Å². The summed E-state index contributed by atoms with van der Waals surface area (Å²) < 4.78 is 5.86. The SMILES string of the molecule is O=C(c1ccc(OCc2ccccc2)cc1)N(Cc1ccccc1)C1(CCO)CCC1. The van der Waals surface area contributed by atoms with Crippen molar-refractivity contribution in [1.29, 1.82) is 0 Å². The summed E-state index contributed by atoms with van der Waals surface area (Å²) in [4.78, 5) is 15.5. The minimum atomic E-state index is -0.260. The van der Waals surface area contributed by atoms with E-state index in [9.17, 15) is 9.90 Å². The zero-order chi connectivity index (χ0) is 21.5. The average molecular weight is 416 g/mol. The first-order valence-corrected chi connectivity index (χ1v) is 10.9. The van der Waals surface area contributed by atoms with Gasteiger partial charge in [0.1, 0.15) is 12.4 Å². The third-order valence-corrected chi connectivity index (χ3v) is 6.21. The molecule has 31 heavy (non-hydrogen) atoms. The Labute approximate surface area is 184 Å². The summed E-state index contributed by atoms with van der Waals surface area (Å²) >= 11 is 0. The first kappa shape index (κ1) is 21.1. The van der Waals surface area contributed by atoms with Crippen molar-refractivity contribution in [3.05, 3.63) is 102 Å². The van der Waals surface area contributed by atoms with E-state index in [1.807, 2.05) is 89.8 Å². The zero-order valence-corrected chi connectivity index (χ0v) is 17.7. The number of aliphatic hydroxyl groups excluding tert-OH is 1. The Morgan fingerprint density at radius 1 is 0.871 bits per heavy atom. The molecular weight excluding hydrogens is 386 g/mol. The van der Waals surface area contributed by atoms with Crippen LogP contribution in [-0.4, -0.2) is 28.1 Å². The highest BCUT2D eigenvalue weighted by Gasteiger charge is 2.44. The lowest BCUT2D eigenvalue weighted by atomic mass is 9.72. The fraction of sp³-hybridized carbons (Fsp3) is 0.296. The van der Waals surface area contributed by atoms with Gasteiger partial charge < -0.3 is 14.7 Å². The molecular formula is C27H29NO3. The minimum Gasteiger partial charge on any atom is -0.489 e. The van der Waals surface area contributed by atoms with Crippen molar-refractivity contribution < 1.29 is 14.6 Å². The molecule has 0 bridgehead atoms. The first-order chi connectivity index (χ1) is 15.2. The highest BCUT2D eigenvalue weighted by molar-refractivity contribution is 5.95. The Balaban J connectivity index is 1.50. The van der Waals surface area contributed by atoms with Gasteiger partial charge in [-0.25, -0.2) is 0 Å². The average Bonchev–Trinajstić information content (AvgIpc) is 2.80. The molecule has 4 rings (SSSR count). The Hall–Kier alpha value is -3.11. The van der Waals surface area contributed by atoms with Crippen LogP contribution in [0, 0.1) is 0 Å². The van der Waals surface area contributed by atoms with Gasteiger partial charge in [-0.05, 0) is 61.1 Å². The quantitative estimate of drug-likeness (QED) is 0.522. The molecule has 0 radical (unpaired) electrons. The van der Waals surface area contributed by atoms with Crippen molar-refractivity contribution in [3.63, 3.8) is 0 Å². The van der Waals surface area contributed by atoms with Crippen molar-refractivity contribution >= 4 is 5.91 Å². The van der Waals surface area contributed by atoms with Crippen molar-refractivity contribution in [2.75, 3.05) is 6.61 Å². The van der Waals surface area contributed by atoms with Crippen LogP contribution in [0.3, 0.4) is 0 Å². The second-order valence-corrected chi connectivity index (χ2v) is 8.23. The van der Waals surface area contributed by atoms with Gasteiger partial charge in [0.05, 0.1) is 0 Å². The molecule has 0 unspecified atom stereocenters. The number of hydrogen-bond donors (Lipinski definition) is 1. The molecule has 1 aliphatic carbocycles. The molecule has 4 heteroatoms. The summed E-state index contributed by atoms with van der Waals surface area (Å²) in [5.41, 5.74) is 2.59. The molecule has 1 saturated carbocycles. The summed E-state index contributed by atoms with van der Waals surface area (Å²) in [5, 5.41) is 9.67. The highest BCUT2D eigenvalue weighted by Crippen LogP contribution is 2.42. The van der Waals surface area contributed by atoms with Crippen LogP contribution in [0.4, 0.5) is 0 Å². The third kappa shape index (κ3) is 4.97. The van der Waals surface area contributed by atoms with Crippen LogP contribution < -0.4 is 4.74 Å². The number of hydrogen-bond acceptors (Lipinski definition) is 3. The van der Waals surface area contributed by atoms with Gasteiger partial charge in [0.15, 0.2) is 0 Å². The van der Waals surface area contributed by atoms with Crippen LogP contribution >= 0.6 is 0 Å². The van der Waals surface area contributed by atoms with E-state index in [0.717, 1.165) is 36.1 Å². The second kappa shape index (κ2) is 9.80. The maximum absolute atomic E-state index is 13.6. The first-order valence-electron chi connectivity index (χ1n) is 10.9. The van der Waals surface area contributed by atoms with Gasteiger partial charge >= 0.3 is 0 Å². The Morgan fingerprint density at radius 2 is 1.48 bits per heavy atom. The number of ether oxygens (including phenoxy) is 1. The van der Waals surface area contributed by atoms with E-state index >= 15 is 0 Å². The smallest absolute Gasteiger partial charge is 0.254 e. The van der Waals surface area contributed by atoms with Crippen molar-refractivity contribution in [1.82, 2.24) is 4.90 Å². The molecule has 0 aromatic heterocycles. The van der Waals surface area contributed by atoms with Crippen LogP contribution in [0.1, 0.15) is 47.2 Å². The maximum atomic E-state index is 13.6. The van der Waals surface area contributed by atoms with Gasteiger partial charge in [0.25, 0.3) is 5.91 Å². The van der Waals surface area contributed by atoms with E-state index in [1.54, 1.807) is 0 Å². The van der Waals surface area contributed by atoms with E-state index in [1.165, 1.54) is 0 Å². The molecule has 1 aliphatic rings. The highest BCUT2D eigenvalue weighted by atomic mass is 16.5. The number of carbonyl (C=O) groups is 1. The van der Waals surface area contributed by atoms with Crippen molar-refractivity contribution in [2.24, 2.45) is 0 Å². The topological polar surface area (TPSA) is 49.8 Å². The Morgan fingerprint density at radius 3 is 2.03 bits per heavy atom. The van der Waals surface area contributed by atoms with Crippen LogP contribution in [0.15, 0.2) is 84.9 Å². The van der Waals surface area contributed by atoms with Gasteiger partial charge in [-0.1, -0.05) is 60.7 Å². The summed E-state index contributed by atoms with van der Waals surface area (Å²) in [7, 11) is 0. The number of amides is 1. The predicted octanol–water partition coefficient (Wildman–Crippen LogP) is 5.21. The summed E-state index contributed by atoms with van der Waals surface area (Å²) in [6, 6.07) is 27.5. The Bertz CT molecular complexity index is 966. The lowest BCUT2D eigenvalue weighted by molar-refractivity contribution is -0.00183. The second-order valence-electron chi connectivity index (χ2n) is 8.23. The monoisotopic (exact) mass is 415 g/mol. The Kier molecular flexibility index (Phi) is 6.68. The standard InChI is InChI=1S/C27H29NO3/c29-19-18-27(16-7-17-27)28(20-22-8-3-1-4-9-22)26(30)24-12-14-25(15-13-24)31-21-23-10-5-2-6-11-23/h1-6,8-15,29H,7,16-21H2. The molecule has 160 valence electrons. The number of carbonyl (C=O) groups excluding carboxylic acids is 1. The molecule has 0 aliphatic heterocycles. The molecule has 1 amide bonds. The van der Waals surface area contributed by atoms with E-state index < -0.39 is 0 Å². The van der Waals surface area contributed by atoms with Gasteiger partial charge in [-0.3, -0.25) is 4.79 Å². The van der Waals surface area contributed by atoms with Crippen LogP contribution in [0.5, 0.6) is 5.75 Å². The molecule has 0 atom stereocenters. The lowest BCUT2D eigenvalue weighted by Gasteiger charge is -2.50.